The van der Waals surface area contributed by atoms with E-state index in [2.05, 4.69) is 38.0 Å². The molecule has 0 amide bonds. The molecular formula is C13H15BrN4O. The Morgan fingerprint density at radius 3 is 2.95 bits per heavy atom. The van der Waals surface area contributed by atoms with Gasteiger partial charge < -0.3 is 10.3 Å². The molecule has 5 nitrogen and oxygen atoms in total. The summed E-state index contributed by atoms with van der Waals surface area (Å²) in [6.07, 6.45) is 4.81. The fourth-order valence-electron chi connectivity index (χ4n) is 2.53. The molecule has 0 aromatic carbocycles. The second-order valence-electron chi connectivity index (χ2n) is 5.20. The van der Waals surface area contributed by atoms with Crippen LogP contribution < -0.4 is 5.73 Å². The topological polar surface area (TPSA) is 77.8 Å². The lowest BCUT2D eigenvalue weighted by molar-refractivity contribution is 0.278. The minimum Gasteiger partial charge on any atom is -0.338 e. The average Bonchev–Trinajstić information content (AvgIpc) is 3.00. The zero-order chi connectivity index (χ0) is 13.5. The van der Waals surface area contributed by atoms with E-state index >= 15 is 0 Å². The SMILES string of the molecule is CC1(c2nc(-c3ccc(Br)cn3)no2)CCCC1N. The van der Waals surface area contributed by atoms with Crippen molar-refractivity contribution in [1.82, 2.24) is 15.1 Å². The van der Waals surface area contributed by atoms with Crippen LogP contribution in [0.25, 0.3) is 11.5 Å². The number of nitrogens with zero attached hydrogens (tertiary/aromatic N) is 3. The van der Waals surface area contributed by atoms with Crippen LogP contribution in [0.1, 0.15) is 32.1 Å². The van der Waals surface area contributed by atoms with Gasteiger partial charge in [0.2, 0.25) is 11.7 Å². The molecule has 2 unspecified atom stereocenters. The van der Waals surface area contributed by atoms with E-state index in [1.54, 1.807) is 6.20 Å². The third kappa shape index (κ3) is 2.19. The zero-order valence-corrected chi connectivity index (χ0v) is 12.2. The van der Waals surface area contributed by atoms with Crippen molar-refractivity contribution in [2.24, 2.45) is 5.73 Å². The first kappa shape index (κ1) is 12.7. The fourth-order valence-corrected chi connectivity index (χ4v) is 2.76. The summed E-state index contributed by atoms with van der Waals surface area (Å²) < 4.78 is 6.33. The number of nitrogens with two attached hydrogens (primary N) is 1. The third-order valence-corrected chi connectivity index (χ3v) is 4.37. The Balaban J connectivity index is 1.93. The molecule has 3 rings (SSSR count). The molecule has 0 aliphatic heterocycles. The zero-order valence-electron chi connectivity index (χ0n) is 10.6. The van der Waals surface area contributed by atoms with Crippen LogP contribution in [-0.2, 0) is 5.41 Å². The summed E-state index contributed by atoms with van der Waals surface area (Å²) in [5.41, 5.74) is 6.66. The van der Waals surface area contributed by atoms with Gasteiger partial charge in [0.05, 0.1) is 5.41 Å². The molecule has 2 aromatic rings. The number of pyridine rings is 1. The Morgan fingerprint density at radius 2 is 2.32 bits per heavy atom. The highest BCUT2D eigenvalue weighted by molar-refractivity contribution is 9.10. The normalized spacial score (nSPS) is 26.8. The average molecular weight is 323 g/mol. The molecule has 1 fully saturated rings. The molecule has 19 heavy (non-hydrogen) atoms. The molecule has 0 saturated heterocycles. The van der Waals surface area contributed by atoms with Crippen molar-refractivity contribution < 1.29 is 4.52 Å². The summed E-state index contributed by atoms with van der Waals surface area (Å²) in [5.74, 6) is 1.14. The van der Waals surface area contributed by atoms with Crippen LogP contribution in [0, 0.1) is 0 Å². The largest absolute Gasteiger partial charge is 0.338 e. The number of rotatable bonds is 2. The second-order valence-corrected chi connectivity index (χ2v) is 6.12. The van der Waals surface area contributed by atoms with Crippen LogP contribution in [0.4, 0.5) is 0 Å². The maximum atomic E-state index is 6.16. The van der Waals surface area contributed by atoms with Gasteiger partial charge in [0, 0.05) is 16.7 Å². The predicted molar refractivity (Wildman–Crippen MR) is 74.4 cm³/mol. The van der Waals surface area contributed by atoms with Crippen LogP contribution in [0.2, 0.25) is 0 Å². The number of hydrogen-bond donors (Lipinski definition) is 1. The van der Waals surface area contributed by atoms with Gasteiger partial charge in [0.15, 0.2) is 0 Å². The van der Waals surface area contributed by atoms with Gasteiger partial charge in [0.25, 0.3) is 0 Å². The molecule has 1 aliphatic rings. The number of halogens is 1. The van der Waals surface area contributed by atoms with E-state index in [4.69, 9.17) is 10.3 Å². The molecule has 1 saturated carbocycles. The van der Waals surface area contributed by atoms with E-state index in [0.717, 1.165) is 23.7 Å². The van der Waals surface area contributed by atoms with Gasteiger partial charge in [-0.3, -0.25) is 4.98 Å². The second kappa shape index (κ2) is 4.68. The van der Waals surface area contributed by atoms with Gasteiger partial charge in [-0.2, -0.15) is 4.98 Å². The van der Waals surface area contributed by atoms with Crippen LogP contribution in [0.15, 0.2) is 27.3 Å². The highest BCUT2D eigenvalue weighted by Gasteiger charge is 2.42. The van der Waals surface area contributed by atoms with Crippen molar-refractivity contribution in [2.75, 3.05) is 0 Å². The highest BCUT2D eigenvalue weighted by Crippen LogP contribution is 2.39. The molecule has 6 heteroatoms. The standard InChI is InChI=1S/C13H15BrN4O/c1-13(6-2-3-10(13)15)12-17-11(18-19-12)9-5-4-8(14)7-16-9/h4-5,7,10H,2-3,6,15H2,1H3. The van der Waals surface area contributed by atoms with Crippen LogP contribution >= 0.6 is 15.9 Å². The molecule has 0 spiro atoms. The Kier molecular flexibility index (Phi) is 3.14. The van der Waals surface area contributed by atoms with Gasteiger partial charge in [-0.15, -0.1) is 0 Å². The first-order valence-electron chi connectivity index (χ1n) is 6.31. The van der Waals surface area contributed by atoms with Crippen molar-refractivity contribution in [3.8, 4) is 11.5 Å². The van der Waals surface area contributed by atoms with E-state index < -0.39 is 0 Å². The minimum atomic E-state index is -0.208. The quantitative estimate of drug-likeness (QED) is 0.919. The van der Waals surface area contributed by atoms with Crippen molar-refractivity contribution in [1.29, 1.82) is 0 Å². The number of aromatic nitrogens is 3. The van der Waals surface area contributed by atoms with Crippen LogP contribution in [0.3, 0.4) is 0 Å². The smallest absolute Gasteiger partial charge is 0.234 e. The first-order chi connectivity index (χ1) is 9.09. The Morgan fingerprint density at radius 1 is 1.47 bits per heavy atom. The highest BCUT2D eigenvalue weighted by atomic mass is 79.9. The van der Waals surface area contributed by atoms with Gasteiger partial charge >= 0.3 is 0 Å². The van der Waals surface area contributed by atoms with E-state index in [1.165, 1.54) is 0 Å². The molecule has 2 N–H and O–H groups in total. The fraction of sp³-hybridized carbons (Fsp3) is 0.462. The van der Waals surface area contributed by atoms with Gasteiger partial charge in [0.1, 0.15) is 5.69 Å². The maximum Gasteiger partial charge on any atom is 0.234 e. The predicted octanol–water partition coefficient (Wildman–Crippen LogP) is 2.66. The van der Waals surface area contributed by atoms with Crippen molar-refractivity contribution in [2.45, 2.75) is 37.6 Å². The van der Waals surface area contributed by atoms with Gasteiger partial charge in [-0.1, -0.05) is 11.6 Å². The molecule has 100 valence electrons. The van der Waals surface area contributed by atoms with Crippen molar-refractivity contribution in [3.05, 3.63) is 28.7 Å². The Labute approximate surface area is 119 Å². The van der Waals surface area contributed by atoms with Crippen LogP contribution in [0.5, 0.6) is 0 Å². The summed E-state index contributed by atoms with van der Waals surface area (Å²) in [6.45, 7) is 2.09. The van der Waals surface area contributed by atoms with Crippen molar-refractivity contribution in [3.63, 3.8) is 0 Å². The lowest BCUT2D eigenvalue weighted by atomic mass is 9.85. The molecule has 2 heterocycles. The Hall–Kier alpha value is -1.27. The summed E-state index contributed by atoms with van der Waals surface area (Å²) in [7, 11) is 0. The van der Waals surface area contributed by atoms with E-state index in [-0.39, 0.29) is 11.5 Å². The lowest BCUT2D eigenvalue weighted by Gasteiger charge is -2.23. The van der Waals surface area contributed by atoms with Crippen LogP contribution in [-0.4, -0.2) is 21.2 Å². The van der Waals surface area contributed by atoms with Gasteiger partial charge in [-0.25, -0.2) is 0 Å². The van der Waals surface area contributed by atoms with E-state index in [0.29, 0.717) is 17.4 Å². The molecule has 1 aliphatic carbocycles. The number of hydrogen-bond acceptors (Lipinski definition) is 5. The van der Waals surface area contributed by atoms with Crippen molar-refractivity contribution >= 4 is 15.9 Å². The van der Waals surface area contributed by atoms with Gasteiger partial charge in [-0.05, 0) is 47.8 Å². The first-order valence-corrected chi connectivity index (χ1v) is 7.10. The van der Waals surface area contributed by atoms with E-state index in [1.807, 2.05) is 12.1 Å². The summed E-state index contributed by atoms with van der Waals surface area (Å²) in [5, 5.41) is 4.02. The molecule has 2 atom stereocenters. The molecular weight excluding hydrogens is 308 g/mol. The summed E-state index contributed by atoms with van der Waals surface area (Å²) >= 11 is 3.35. The summed E-state index contributed by atoms with van der Waals surface area (Å²) in [4.78, 5) is 8.75. The van der Waals surface area contributed by atoms with E-state index in [9.17, 15) is 0 Å². The summed E-state index contributed by atoms with van der Waals surface area (Å²) in [6, 6.07) is 3.84. The lowest BCUT2D eigenvalue weighted by Crippen LogP contribution is -2.38. The molecule has 2 aromatic heterocycles. The third-order valence-electron chi connectivity index (χ3n) is 3.90. The molecule has 0 bridgehead atoms. The minimum absolute atomic E-state index is 0.0821. The molecule has 0 radical (unpaired) electrons. The maximum absolute atomic E-state index is 6.16. The monoisotopic (exact) mass is 322 g/mol. The Bertz CT molecular complexity index is 583.